The van der Waals surface area contributed by atoms with Crippen molar-refractivity contribution in [2.45, 2.75) is 126 Å². The van der Waals surface area contributed by atoms with Crippen LogP contribution in [0.15, 0.2) is 30.4 Å². The van der Waals surface area contributed by atoms with Gasteiger partial charge >= 0.3 is 6.09 Å². The molecule has 2 aromatic rings. The summed E-state index contributed by atoms with van der Waals surface area (Å²) in [4.78, 5) is 70.0. The predicted octanol–water partition coefficient (Wildman–Crippen LogP) is 4.32. The molecule has 4 heterocycles. The van der Waals surface area contributed by atoms with Crippen molar-refractivity contribution in [1.29, 1.82) is 0 Å². The second-order valence-corrected chi connectivity index (χ2v) is 20.4. The van der Waals surface area contributed by atoms with E-state index in [2.05, 4.69) is 27.2 Å². The van der Waals surface area contributed by atoms with Crippen molar-refractivity contribution in [3.8, 4) is 11.6 Å². The maximum absolute atomic E-state index is 14.9. The molecule has 18 heteroatoms. The number of carbonyl (C=O) groups is 4. The zero-order valence-electron chi connectivity index (χ0n) is 35.3. The fourth-order valence-corrected chi connectivity index (χ4v) is 10.1. The summed E-state index contributed by atoms with van der Waals surface area (Å²) in [7, 11) is -2.83. The van der Waals surface area contributed by atoms with Gasteiger partial charge in [-0.2, -0.15) is 4.98 Å². The van der Waals surface area contributed by atoms with E-state index in [0.717, 1.165) is 32.4 Å². The first-order valence-electron chi connectivity index (χ1n) is 21.1. The number of fused-ring (bicyclic) bond motifs is 3. The summed E-state index contributed by atoms with van der Waals surface area (Å²) in [5, 5.41) is 6.26. The van der Waals surface area contributed by atoms with Gasteiger partial charge in [0.25, 0.3) is 5.91 Å². The zero-order valence-corrected chi connectivity index (χ0v) is 36.1. The van der Waals surface area contributed by atoms with Gasteiger partial charge < -0.3 is 34.6 Å². The molecule has 1 unspecified atom stereocenters. The lowest BCUT2D eigenvalue weighted by molar-refractivity contribution is -0.142. The van der Waals surface area contributed by atoms with E-state index in [4.69, 9.17) is 24.2 Å². The molecule has 3 aliphatic heterocycles. The maximum Gasteiger partial charge on any atom is 0.408 e. The molecule has 7 rings (SSSR count). The van der Waals surface area contributed by atoms with Gasteiger partial charge in [0, 0.05) is 31.5 Å². The lowest BCUT2D eigenvalue weighted by Gasteiger charge is -2.33. The summed E-state index contributed by atoms with van der Waals surface area (Å²) in [5.41, 5.74) is -1.93. The first-order chi connectivity index (χ1) is 28.4. The maximum atomic E-state index is 14.9. The van der Waals surface area contributed by atoms with Gasteiger partial charge in [-0.3, -0.25) is 19.1 Å². The topological polar surface area (TPSA) is 198 Å². The quantitative estimate of drug-likeness (QED) is 0.303. The van der Waals surface area contributed by atoms with Crippen LogP contribution in [0.1, 0.15) is 92.4 Å². The van der Waals surface area contributed by atoms with Crippen LogP contribution in [0.5, 0.6) is 11.6 Å². The Morgan fingerprint density at radius 2 is 1.82 bits per heavy atom. The Hall–Kier alpha value is -4.74. The highest BCUT2D eigenvalue weighted by Crippen LogP contribution is 2.48. The van der Waals surface area contributed by atoms with E-state index in [1.807, 2.05) is 19.1 Å². The lowest BCUT2D eigenvalue weighted by Crippen LogP contribution is -2.59. The minimum absolute atomic E-state index is 0.0241. The number of allylic oxidation sites excluding steroid dienone is 1. The number of anilines is 1. The standard InChI is InChI=1S/C42H58FN7O9S/c1-25-11-7-8-12-27-22-42(27,37(53)48-60(55,56)41(24-43)15-16-41)47-34(51)32-21-29(23-50(32)36(52)33(26(2)19-25)45-39(54)59-40(3,4)5)58-35-30-14-13-28(57-6)20-31(30)44-38(46-35)49-17-9-10-18-49/h8,12-14,20,25-27,29,32-33H,7,9-11,15-19,21-24H2,1-6H3,(H,45,54)(H,47,51)(H,48,53)/b12-8-/t25-,26-,27?,29-,32+,33+,42-/m1/s1. The number of alkyl carbamates (subject to hydrolysis) is 1. The number of nitrogens with one attached hydrogen (secondary N) is 3. The number of carbonyl (C=O) groups excluding carboxylic acids is 4. The van der Waals surface area contributed by atoms with Gasteiger partial charge in [0.2, 0.25) is 33.7 Å². The number of alkyl halides is 1. The van der Waals surface area contributed by atoms with Crippen LogP contribution in [0.25, 0.3) is 10.9 Å². The summed E-state index contributed by atoms with van der Waals surface area (Å²) in [6.45, 7) is 9.42. The van der Waals surface area contributed by atoms with Crippen LogP contribution < -0.4 is 29.7 Å². The average molecular weight is 856 g/mol. The highest BCUT2D eigenvalue weighted by molar-refractivity contribution is 7.91. The first-order valence-corrected chi connectivity index (χ1v) is 22.5. The van der Waals surface area contributed by atoms with Gasteiger partial charge in [0.15, 0.2) is 0 Å². The molecule has 1 aromatic heterocycles. The van der Waals surface area contributed by atoms with Crippen molar-refractivity contribution >= 4 is 50.7 Å². The van der Waals surface area contributed by atoms with Crippen molar-refractivity contribution in [3.63, 3.8) is 0 Å². The van der Waals surface area contributed by atoms with E-state index >= 15 is 0 Å². The monoisotopic (exact) mass is 855 g/mol. The molecule has 2 saturated carbocycles. The number of rotatable bonds is 9. The second kappa shape index (κ2) is 16.6. The molecule has 1 aromatic carbocycles. The Morgan fingerprint density at radius 1 is 1.08 bits per heavy atom. The lowest BCUT2D eigenvalue weighted by atomic mass is 9.88. The van der Waals surface area contributed by atoms with Crippen LogP contribution >= 0.6 is 0 Å². The third-order valence-electron chi connectivity index (χ3n) is 12.5. The van der Waals surface area contributed by atoms with Crippen molar-refractivity contribution in [1.82, 2.24) is 30.2 Å². The average Bonchev–Trinajstić information content (AvgIpc) is 4.00. The number of sulfonamides is 1. The van der Waals surface area contributed by atoms with Gasteiger partial charge in [0.05, 0.1) is 24.6 Å². The number of halogens is 1. The van der Waals surface area contributed by atoms with Crippen LogP contribution in [0.3, 0.4) is 0 Å². The van der Waals surface area contributed by atoms with Crippen LogP contribution in [-0.4, -0.2) is 115 Å². The Kier molecular flexibility index (Phi) is 12.0. The van der Waals surface area contributed by atoms with Gasteiger partial charge in [0.1, 0.15) is 46.5 Å². The summed E-state index contributed by atoms with van der Waals surface area (Å²) in [5.74, 6) is -1.70. The molecule has 0 radical (unpaired) electrons. The molecule has 3 N–H and O–H groups in total. The van der Waals surface area contributed by atoms with Crippen LogP contribution in [0.2, 0.25) is 0 Å². The summed E-state index contributed by atoms with van der Waals surface area (Å²) in [6, 6.07) is 3.04. The highest BCUT2D eigenvalue weighted by atomic mass is 32.2. The third kappa shape index (κ3) is 8.98. The van der Waals surface area contributed by atoms with Gasteiger partial charge in [-0.25, -0.2) is 22.6 Å². The zero-order chi connectivity index (χ0) is 43.2. The number of nitrogens with zero attached hydrogens (tertiary/aromatic N) is 4. The van der Waals surface area contributed by atoms with E-state index in [-0.39, 0.29) is 49.9 Å². The molecular weight excluding hydrogens is 798 g/mol. The normalized spacial score (nSPS) is 29.9. The highest BCUT2D eigenvalue weighted by Gasteiger charge is 2.64. The predicted molar refractivity (Wildman–Crippen MR) is 221 cm³/mol. The summed E-state index contributed by atoms with van der Waals surface area (Å²) in [6.07, 6.45) is 6.27. The van der Waals surface area contributed by atoms with E-state index in [1.54, 1.807) is 46.1 Å². The molecule has 4 amide bonds. The number of amides is 4. The number of ether oxygens (including phenoxy) is 3. The molecule has 4 fully saturated rings. The van der Waals surface area contributed by atoms with Crippen molar-refractivity contribution in [2.75, 3.05) is 38.3 Å². The summed E-state index contributed by atoms with van der Waals surface area (Å²) < 4.78 is 58.6. The molecule has 0 bridgehead atoms. The SMILES string of the molecule is COc1ccc2c(O[C@@H]3C[C@H]4C(=O)N[C@]5(C(=O)NS(=O)(=O)C6(CF)CC6)CC5/C=C\CC[C@@H](C)C[C@@H](C)[C@H](NC(=O)OC(C)(C)C)C(=O)N4C3)nc(N3CCCC3)nc2c1. The van der Waals surface area contributed by atoms with Crippen molar-refractivity contribution in [2.24, 2.45) is 17.8 Å². The van der Waals surface area contributed by atoms with E-state index in [1.165, 1.54) is 4.90 Å². The van der Waals surface area contributed by atoms with Gasteiger partial charge in [-0.15, -0.1) is 0 Å². The number of methoxy groups -OCH3 is 1. The molecule has 0 spiro atoms. The molecule has 5 aliphatic rings. The molecule has 7 atom stereocenters. The molecule has 16 nitrogen and oxygen atoms in total. The van der Waals surface area contributed by atoms with E-state index < -0.39 is 80.5 Å². The minimum Gasteiger partial charge on any atom is -0.497 e. The number of hydrogen-bond acceptors (Lipinski definition) is 12. The van der Waals surface area contributed by atoms with E-state index in [9.17, 15) is 32.0 Å². The van der Waals surface area contributed by atoms with Crippen LogP contribution in [0.4, 0.5) is 15.1 Å². The Morgan fingerprint density at radius 3 is 2.48 bits per heavy atom. The molecular formula is C42H58FN7O9S. The van der Waals surface area contributed by atoms with Crippen molar-refractivity contribution in [3.05, 3.63) is 30.4 Å². The molecule has 2 aliphatic carbocycles. The Balaban J connectivity index is 1.24. The Labute approximate surface area is 350 Å². The number of hydrogen-bond donors (Lipinski definition) is 3. The van der Waals surface area contributed by atoms with E-state index in [0.29, 0.717) is 35.4 Å². The number of benzene rings is 1. The van der Waals surface area contributed by atoms with Gasteiger partial charge in [-0.1, -0.05) is 26.0 Å². The second-order valence-electron chi connectivity index (χ2n) is 18.4. The fourth-order valence-electron chi connectivity index (χ4n) is 8.69. The number of aromatic nitrogens is 2. The molecule has 2 saturated heterocycles. The van der Waals surface area contributed by atoms with Crippen LogP contribution in [0, 0.1) is 17.8 Å². The first kappa shape index (κ1) is 43.4. The molecule has 60 heavy (non-hydrogen) atoms. The van der Waals surface area contributed by atoms with Crippen LogP contribution in [-0.2, 0) is 29.1 Å². The smallest absolute Gasteiger partial charge is 0.408 e. The summed E-state index contributed by atoms with van der Waals surface area (Å²) >= 11 is 0. The fraction of sp³-hybridized carbons (Fsp3) is 0.667. The minimum atomic E-state index is -4.40. The van der Waals surface area contributed by atoms with Gasteiger partial charge in [-0.05, 0) is 96.1 Å². The third-order valence-corrected chi connectivity index (χ3v) is 14.6. The Bertz CT molecular complexity index is 2140. The largest absolute Gasteiger partial charge is 0.497 e. The van der Waals surface area contributed by atoms with Crippen molar-refractivity contribution < 1.29 is 46.2 Å². The molecule has 328 valence electrons.